The van der Waals surface area contributed by atoms with Crippen molar-refractivity contribution in [2.24, 2.45) is 20.0 Å². The van der Waals surface area contributed by atoms with E-state index >= 15 is 0 Å². The molecule has 0 aromatic carbocycles. The van der Waals surface area contributed by atoms with E-state index in [1.807, 2.05) is 72.9 Å². The van der Waals surface area contributed by atoms with Gasteiger partial charge in [0, 0.05) is 21.1 Å². The van der Waals surface area contributed by atoms with E-state index in [2.05, 4.69) is 20.0 Å². The summed E-state index contributed by atoms with van der Waals surface area (Å²) in [5.74, 6) is 0. The van der Waals surface area contributed by atoms with Crippen LogP contribution in [0.2, 0.25) is 0 Å². The van der Waals surface area contributed by atoms with Crippen LogP contribution in [-0.2, 0) is 21.1 Å². The number of nitrogens with zero attached hydrogens (tertiary/aromatic N) is 4. The second-order valence-electron chi connectivity index (χ2n) is 5.76. The molecule has 0 aromatic heterocycles. The van der Waals surface area contributed by atoms with Gasteiger partial charge in [0.25, 0.3) is 0 Å². The van der Waals surface area contributed by atoms with Gasteiger partial charge in [-0.05, 0) is 72.9 Å². The zero-order valence-electron chi connectivity index (χ0n) is 13.0. The molecule has 5 aliphatic rings. The quantitative estimate of drug-likeness (QED) is 0.486. The van der Waals surface area contributed by atoms with Gasteiger partial charge in [-0.1, -0.05) is 0 Å². The Balaban J connectivity index is 0.00000157. The molecule has 0 unspecified atom stereocenters. The summed E-state index contributed by atoms with van der Waals surface area (Å²) < 4.78 is 0. The first-order chi connectivity index (χ1) is 11.8. The summed E-state index contributed by atoms with van der Waals surface area (Å²) in [6.45, 7) is 0. The summed E-state index contributed by atoms with van der Waals surface area (Å²) in [6, 6.07) is 0. The van der Waals surface area contributed by atoms with Crippen molar-refractivity contribution in [2.45, 2.75) is 0 Å². The second kappa shape index (κ2) is 6.30. The zero-order valence-corrected chi connectivity index (χ0v) is 15.3. The predicted octanol–water partition coefficient (Wildman–Crippen LogP) is 3.58. The maximum Gasteiger partial charge on any atom is 0.0659 e. The topological polar surface area (TPSA) is 49.4 Å². The fourth-order valence-corrected chi connectivity index (χ4v) is 2.83. The number of fused-ring (bicyclic) bond motifs is 4. The number of hydrogen-bond acceptors (Lipinski definition) is 4. The smallest absolute Gasteiger partial charge is 0.0659 e. The van der Waals surface area contributed by atoms with Crippen LogP contribution in [0.3, 0.4) is 0 Å². The van der Waals surface area contributed by atoms with Gasteiger partial charge >= 0.3 is 0 Å². The van der Waals surface area contributed by atoms with Crippen molar-refractivity contribution in [3.63, 3.8) is 0 Å². The van der Waals surface area contributed by atoms with Crippen molar-refractivity contribution >= 4 is 22.8 Å². The number of rotatable bonds is 0. The van der Waals surface area contributed by atoms with Crippen LogP contribution in [0.4, 0.5) is 0 Å². The van der Waals surface area contributed by atoms with E-state index in [1.54, 1.807) is 0 Å². The SMILES string of the molecule is C1=CC2=NC1=CC1=NC(=CC3=NC(=CC4=NC(=C2)C=C4)C=C3)C=C1.[Pt]. The van der Waals surface area contributed by atoms with Gasteiger partial charge in [0.2, 0.25) is 0 Å². The second-order valence-corrected chi connectivity index (χ2v) is 5.76. The van der Waals surface area contributed by atoms with E-state index in [1.165, 1.54) is 0 Å². The molecular formula is C20H12N4Pt. The summed E-state index contributed by atoms with van der Waals surface area (Å²) in [6.07, 6.45) is 23.8. The van der Waals surface area contributed by atoms with E-state index in [9.17, 15) is 0 Å². The molecule has 0 atom stereocenters. The fraction of sp³-hybridized carbons (Fsp3) is 0. The summed E-state index contributed by atoms with van der Waals surface area (Å²) >= 11 is 0. The number of allylic oxidation sites excluding steroid dienone is 12. The standard InChI is InChI=1S/C20H12N4.Pt/c1-2-14-10-16-5-6-18(23-16)12-20-8-7-19(24-20)11-17-4-3-15(22-17)9-13(1)21-14;/h1-12H;. The van der Waals surface area contributed by atoms with Crippen LogP contribution in [0.25, 0.3) is 0 Å². The Kier molecular flexibility index (Phi) is 3.98. The largest absolute Gasteiger partial charge is 0.249 e. The molecule has 0 spiro atoms. The van der Waals surface area contributed by atoms with Gasteiger partial charge in [-0.3, -0.25) is 0 Å². The van der Waals surface area contributed by atoms with Gasteiger partial charge in [0.1, 0.15) is 0 Å². The van der Waals surface area contributed by atoms with Gasteiger partial charge < -0.3 is 0 Å². The summed E-state index contributed by atoms with van der Waals surface area (Å²) in [5, 5.41) is 0. The summed E-state index contributed by atoms with van der Waals surface area (Å²) in [5.41, 5.74) is 7.15. The monoisotopic (exact) mass is 503 g/mol. The first-order valence-electron chi connectivity index (χ1n) is 7.74. The van der Waals surface area contributed by atoms with Gasteiger partial charge in [0.15, 0.2) is 0 Å². The molecule has 5 heteroatoms. The van der Waals surface area contributed by atoms with Crippen molar-refractivity contribution in [1.29, 1.82) is 0 Å². The Morgan fingerprint density at radius 2 is 0.600 bits per heavy atom. The fourth-order valence-electron chi connectivity index (χ4n) is 2.83. The summed E-state index contributed by atoms with van der Waals surface area (Å²) in [4.78, 5) is 18.4. The predicted molar refractivity (Wildman–Crippen MR) is 98.6 cm³/mol. The zero-order chi connectivity index (χ0) is 15.9. The first-order valence-corrected chi connectivity index (χ1v) is 7.74. The van der Waals surface area contributed by atoms with Gasteiger partial charge in [0.05, 0.1) is 45.6 Å². The molecule has 0 fully saturated rings. The third-order valence-corrected chi connectivity index (χ3v) is 3.92. The number of hydrogen-bond donors (Lipinski definition) is 0. The number of aliphatic imine (C=N–C) groups is 4. The van der Waals surface area contributed by atoms with Crippen molar-refractivity contribution in [2.75, 3.05) is 0 Å². The Morgan fingerprint density at radius 3 is 0.840 bits per heavy atom. The van der Waals surface area contributed by atoms with Crippen LogP contribution in [0.15, 0.2) is 116 Å². The Bertz CT molecular complexity index is 848. The molecule has 0 saturated heterocycles. The molecule has 0 radical (unpaired) electrons. The van der Waals surface area contributed by atoms with Crippen LogP contribution in [0.1, 0.15) is 0 Å². The molecular weight excluding hydrogens is 491 g/mol. The Hall–Kier alpha value is -2.71. The maximum absolute atomic E-state index is 4.59. The molecule has 4 nitrogen and oxygen atoms in total. The third kappa shape index (κ3) is 3.26. The van der Waals surface area contributed by atoms with Crippen molar-refractivity contribution in [1.82, 2.24) is 0 Å². The van der Waals surface area contributed by atoms with Crippen molar-refractivity contribution < 1.29 is 21.1 Å². The van der Waals surface area contributed by atoms with E-state index in [-0.39, 0.29) is 21.1 Å². The minimum atomic E-state index is 0. The van der Waals surface area contributed by atoms with Crippen LogP contribution in [-0.4, -0.2) is 22.8 Å². The first kappa shape index (κ1) is 15.8. The van der Waals surface area contributed by atoms with Crippen molar-refractivity contribution in [3.05, 3.63) is 95.7 Å². The van der Waals surface area contributed by atoms with Crippen LogP contribution < -0.4 is 0 Å². The summed E-state index contributed by atoms with van der Waals surface area (Å²) in [7, 11) is 0. The van der Waals surface area contributed by atoms with Gasteiger partial charge in [-0.2, -0.15) is 0 Å². The average Bonchev–Trinajstić information content (AvgIpc) is 3.32. The molecule has 0 amide bonds. The minimum absolute atomic E-state index is 0. The Labute approximate surface area is 159 Å². The Morgan fingerprint density at radius 1 is 0.360 bits per heavy atom. The van der Waals surface area contributed by atoms with Crippen molar-refractivity contribution in [3.8, 4) is 0 Å². The van der Waals surface area contributed by atoms with E-state index in [0.29, 0.717) is 0 Å². The molecule has 8 bridgehead atoms. The normalized spacial score (nSPS) is 21.8. The molecule has 0 aliphatic carbocycles. The van der Waals surface area contributed by atoms with Crippen LogP contribution >= 0.6 is 0 Å². The third-order valence-electron chi connectivity index (χ3n) is 3.92. The molecule has 122 valence electrons. The molecule has 0 saturated carbocycles. The van der Waals surface area contributed by atoms with Crippen LogP contribution in [0, 0.1) is 0 Å². The van der Waals surface area contributed by atoms with Gasteiger partial charge in [-0.25, -0.2) is 20.0 Å². The maximum atomic E-state index is 4.59. The van der Waals surface area contributed by atoms with Crippen LogP contribution in [0.5, 0.6) is 0 Å². The average molecular weight is 503 g/mol. The molecule has 5 rings (SSSR count). The molecule has 25 heavy (non-hydrogen) atoms. The molecule has 0 aromatic rings. The van der Waals surface area contributed by atoms with Gasteiger partial charge in [-0.15, -0.1) is 0 Å². The molecule has 5 aliphatic heterocycles. The van der Waals surface area contributed by atoms with E-state index in [0.717, 1.165) is 45.6 Å². The van der Waals surface area contributed by atoms with E-state index < -0.39 is 0 Å². The minimum Gasteiger partial charge on any atom is -0.249 e. The van der Waals surface area contributed by atoms with E-state index in [4.69, 9.17) is 0 Å². The molecule has 0 N–H and O–H groups in total. The molecule has 5 heterocycles.